The molecule has 0 saturated carbocycles. The van der Waals surface area contributed by atoms with Crippen molar-refractivity contribution in [2.45, 2.75) is 26.3 Å². The first-order valence-electron chi connectivity index (χ1n) is 5.98. The van der Waals surface area contributed by atoms with Crippen LogP contribution in [0.4, 0.5) is 0 Å². The lowest BCUT2D eigenvalue weighted by Gasteiger charge is -2.06. The SMILES string of the molecule is CCn1cc(C(C)CO)c2ccc(OC)cc21. The maximum absolute atomic E-state index is 9.30. The Bertz CT molecular complexity index is 516. The number of ether oxygens (including phenoxy) is 1. The number of aliphatic hydroxyl groups is 1. The Hall–Kier alpha value is -1.48. The molecule has 0 radical (unpaired) electrons. The Morgan fingerprint density at radius 1 is 1.41 bits per heavy atom. The Morgan fingerprint density at radius 2 is 2.18 bits per heavy atom. The zero-order valence-corrected chi connectivity index (χ0v) is 10.6. The zero-order chi connectivity index (χ0) is 12.4. The Balaban J connectivity index is 2.64. The summed E-state index contributed by atoms with van der Waals surface area (Å²) in [6.45, 7) is 5.25. The van der Waals surface area contributed by atoms with Crippen molar-refractivity contribution < 1.29 is 9.84 Å². The molecule has 3 heteroatoms. The summed E-state index contributed by atoms with van der Waals surface area (Å²) >= 11 is 0. The highest BCUT2D eigenvalue weighted by molar-refractivity contribution is 5.85. The number of nitrogens with zero attached hydrogens (tertiary/aromatic N) is 1. The molecule has 2 aromatic rings. The van der Waals surface area contributed by atoms with Crippen molar-refractivity contribution in [2.24, 2.45) is 0 Å². The highest BCUT2D eigenvalue weighted by atomic mass is 16.5. The van der Waals surface area contributed by atoms with E-state index in [1.54, 1.807) is 7.11 Å². The van der Waals surface area contributed by atoms with Crippen LogP contribution in [0.15, 0.2) is 24.4 Å². The van der Waals surface area contributed by atoms with Gasteiger partial charge in [0.2, 0.25) is 0 Å². The molecule has 1 atom stereocenters. The molecule has 1 heterocycles. The molecule has 0 amide bonds. The van der Waals surface area contributed by atoms with Crippen LogP contribution in [0.2, 0.25) is 0 Å². The van der Waals surface area contributed by atoms with Gasteiger partial charge in [-0.3, -0.25) is 0 Å². The number of hydrogen-bond donors (Lipinski definition) is 1. The highest BCUT2D eigenvalue weighted by Gasteiger charge is 2.13. The standard InChI is InChI=1S/C14H19NO2/c1-4-15-8-13(10(2)9-16)12-6-5-11(17-3)7-14(12)15/h5-8,10,16H,4,9H2,1-3H3. The van der Waals surface area contributed by atoms with Gasteiger partial charge in [0, 0.05) is 36.7 Å². The molecule has 3 nitrogen and oxygen atoms in total. The fraction of sp³-hybridized carbons (Fsp3) is 0.429. The van der Waals surface area contributed by atoms with Gasteiger partial charge in [-0.15, -0.1) is 0 Å². The van der Waals surface area contributed by atoms with Gasteiger partial charge in [0.1, 0.15) is 5.75 Å². The third-order valence-electron chi connectivity index (χ3n) is 3.27. The van der Waals surface area contributed by atoms with Gasteiger partial charge in [-0.2, -0.15) is 0 Å². The van der Waals surface area contributed by atoms with E-state index in [1.165, 1.54) is 16.5 Å². The molecule has 0 bridgehead atoms. The van der Waals surface area contributed by atoms with E-state index < -0.39 is 0 Å². The van der Waals surface area contributed by atoms with E-state index in [0.29, 0.717) is 0 Å². The first-order chi connectivity index (χ1) is 8.21. The van der Waals surface area contributed by atoms with Gasteiger partial charge in [0.25, 0.3) is 0 Å². The second-order valence-corrected chi connectivity index (χ2v) is 4.34. The molecule has 0 aliphatic carbocycles. The monoisotopic (exact) mass is 233 g/mol. The minimum absolute atomic E-state index is 0.165. The predicted molar refractivity (Wildman–Crippen MR) is 69.7 cm³/mol. The van der Waals surface area contributed by atoms with Gasteiger partial charge in [-0.25, -0.2) is 0 Å². The number of aliphatic hydroxyl groups excluding tert-OH is 1. The van der Waals surface area contributed by atoms with Crippen LogP contribution >= 0.6 is 0 Å². The number of aryl methyl sites for hydroxylation is 1. The third-order valence-corrected chi connectivity index (χ3v) is 3.27. The normalized spacial score (nSPS) is 12.9. The highest BCUT2D eigenvalue weighted by Crippen LogP contribution is 2.30. The minimum atomic E-state index is 0.165. The summed E-state index contributed by atoms with van der Waals surface area (Å²) in [4.78, 5) is 0. The van der Waals surface area contributed by atoms with Gasteiger partial charge >= 0.3 is 0 Å². The van der Waals surface area contributed by atoms with Crippen LogP contribution in [-0.2, 0) is 6.54 Å². The van der Waals surface area contributed by atoms with E-state index in [0.717, 1.165) is 12.3 Å². The fourth-order valence-corrected chi connectivity index (χ4v) is 2.18. The molecule has 1 unspecified atom stereocenters. The molecule has 0 aliphatic rings. The van der Waals surface area contributed by atoms with Gasteiger partial charge in [0.05, 0.1) is 12.6 Å². The maximum Gasteiger partial charge on any atom is 0.120 e. The van der Waals surface area contributed by atoms with Gasteiger partial charge < -0.3 is 14.4 Å². The molecular formula is C14H19NO2. The molecule has 1 aromatic heterocycles. The summed E-state index contributed by atoms with van der Waals surface area (Å²) in [5.41, 5.74) is 2.37. The Kier molecular flexibility index (Phi) is 3.38. The largest absolute Gasteiger partial charge is 0.497 e. The van der Waals surface area contributed by atoms with Crippen molar-refractivity contribution in [3.63, 3.8) is 0 Å². The van der Waals surface area contributed by atoms with Gasteiger partial charge in [0.15, 0.2) is 0 Å². The number of fused-ring (bicyclic) bond motifs is 1. The summed E-state index contributed by atoms with van der Waals surface area (Å²) in [6, 6.07) is 6.09. The third kappa shape index (κ3) is 2.03. The molecule has 0 spiro atoms. The maximum atomic E-state index is 9.30. The predicted octanol–water partition coefficient (Wildman–Crippen LogP) is 2.77. The second kappa shape index (κ2) is 4.80. The first-order valence-corrected chi connectivity index (χ1v) is 5.98. The Labute approximate surface area is 102 Å². The van der Waals surface area contributed by atoms with Crippen LogP contribution in [-0.4, -0.2) is 23.4 Å². The average molecular weight is 233 g/mol. The van der Waals surface area contributed by atoms with Gasteiger partial charge in [-0.05, 0) is 24.6 Å². The summed E-state index contributed by atoms with van der Waals surface area (Å²) in [5, 5.41) is 10.5. The van der Waals surface area contributed by atoms with Crippen molar-refractivity contribution in [1.29, 1.82) is 0 Å². The van der Waals surface area contributed by atoms with Gasteiger partial charge in [-0.1, -0.05) is 6.92 Å². The molecule has 92 valence electrons. The van der Waals surface area contributed by atoms with Crippen LogP contribution < -0.4 is 4.74 Å². The molecule has 0 fully saturated rings. The number of aromatic nitrogens is 1. The summed E-state index contributed by atoms with van der Waals surface area (Å²) < 4.78 is 7.45. The lowest BCUT2D eigenvalue weighted by molar-refractivity contribution is 0.273. The van der Waals surface area contributed by atoms with E-state index in [2.05, 4.69) is 23.8 Å². The van der Waals surface area contributed by atoms with E-state index in [1.807, 2.05) is 19.1 Å². The first kappa shape index (κ1) is 12.0. The lowest BCUT2D eigenvalue weighted by Crippen LogP contribution is -1.97. The topological polar surface area (TPSA) is 34.4 Å². The van der Waals surface area contributed by atoms with Crippen LogP contribution in [0.5, 0.6) is 5.75 Å². The molecule has 0 saturated heterocycles. The minimum Gasteiger partial charge on any atom is -0.497 e. The van der Waals surface area contributed by atoms with E-state index in [-0.39, 0.29) is 12.5 Å². The molecule has 1 N–H and O–H groups in total. The zero-order valence-electron chi connectivity index (χ0n) is 10.6. The summed E-state index contributed by atoms with van der Waals surface area (Å²) in [6.07, 6.45) is 2.13. The quantitative estimate of drug-likeness (QED) is 0.881. The average Bonchev–Trinajstić information content (AvgIpc) is 2.75. The molecule has 0 aliphatic heterocycles. The number of benzene rings is 1. The van der Waals surface area contributed by atoms with Crippen LogP contribution in [0.3, 0.4) is 0 Å². The fourth-order valence-electron chi connectivity index (χ4n) is 2.18. The Morgan fingerprint density at radius 3 is 2.76 bits per heavy atom. The van der Waals surface area contributed by atoms with Crippen molar-refractivity contribution in [1.82, 2.24) is 4.57 Å². The smallest absolute Gasteiger partial charge is 0.120 e. The van der Waals surface area contributed by atoms with Crippen LogP contribution in [0.1, 0.15) is 25.3 Å². The number of rotatable bonds is 4. The van der Waals surface area contributed by atoms with Crippen molar-refractivity contribution in [3.05, 3.63) is 30.0 Å². The summed E-state index contributed by atoms with van der Waals surface area (Å²) in [7, 11) is 1.68. The lowest BCUT2D eigenvalue weighted by atomic mass is 10.0. The van der Waals surface area contributed by atoms with Crippen molar-refractivity contribution in [3.8, 4) is 5.75 Å². The number of methoxy groups -OCH3 is 1. The van der Waals surface area contributed by atoms with Crippen LogP contribution in [0.25, 0.3) is 10.9 Å². The summed E-state index contributed by atoms with van der Waals surface area (Å²) in [5.74, 6) is 1.03. The van der Waals surface area contributed by atoms with Crippen molar-refractivity contribution >= 4 is 10.9 Å². The van der Waals surface area contributed by atoms with Crippen LogP contribution in [0, 0.1) is 0 Å². The van der Waals surface area contributed by atoms with Crippen molar-refractivity contribution in [2.75, 3.05) is 13.7 Å². The molecule has 1 aromatic carbocycles. The number of hydrogen-bond acceptors (Lipinski definition) is 2. The second-order valence-electron chi connectivity index (χ2n) is 4.34. The van der Waals surface area contributed by atoms with E-state index in [4.69, 9.17) is 4.74 Å². The van der Waals surface area contributed by atoms with E-state index in [9.17, 15) is 5.11 Å². The molecular weight excluding hydrogens is 214 g/mol. The van der Waals surface area contributed by atoms with E-state index >= 15 is 0 Å². The molecule has 17 heavy (non-hydrogen) atoms. The molecule has 2 rings (SSSR count).